The van der Waals surface area contributed by atoms with E-state index in [0.717, 1.165) is 14.7 Å². The predicted molar refractivity (Wildman–Crippen MR) is 76.0 cm³/mol. The zero-order chi connectivity index (χ0) is 13.3. The van der Waals surface area contributed by atoms with E-state index in [4.69, 9.17) is 5.11 Å². The third-order valence-corrected chi connectivity index (χ3v) is 6.14. The topological polar surface area (TPSA) is 57.6 Å². The Bertz CT molecular complexity index is 469. The van der Waals surface area contributed by atoms with Gasteiger partial charge in [-0.2, -0.15) is 0 Å². The smallest absolute Gasteiger partial charge is 0.303 e. The third-order valence-electron chi connectivity index (χ3n) is 2.89. The van der Waals surface area contributed by atoms with Gasteiger partial charge in [-0.25, -0.2) is 0 Å². The van der Waals surface area contributed by atoms with Crippen molar-refractivity contribution in [2.75, 3.05) is 13.1 Å². The summed E-state index contributed by atoms with van der Waals surface area (Å²) < 4.78 is 1.77. The lowest BCUT2D eigenvalue weighted by Crippen LogP contribution is -2.28. The van der Waals surface area contributed by atoms with Crippen LogP contribution in [0, 0.1) is 5.92 Å². The van der Waals surface area contributed by atoms with Crippen LogP contribution < -0.4 is 0 Å². The summed E-state index contributed by atoms with van der Waals surface area (Å²) in [5.74, 6) is -0.728. The van der Waals surface area contributed by atoms with E-state index in [1.807, 2.05) is 0 Å². The predicted octanol–water partition coefficient (Wildman–Crippen LogP) is 3.21. The maximum atomic E-state index is 12.2. The van der Waals surface area contributed by atoms with E-state index in [9.17, 15) is 9.59 Å². The van der Waals surface area contributed by atoms with Gasteiger partial charge in [0.2, 0.25) is 0 Å². The third kappa shape index (κ3) is 3.13. The number of nitrogens with zero attached hydrogens (tertiary/aromatic N) is 1. The van der Waals surface area contributed by atoms with Crippen molar-refractivity contribution in [3.63, 3.8) is 0 Å². The Morgan fingerprint density at radius 3 is 2.78 bits per heavy atom. The van der Waals surface area contributed by atoms with Crippen molar-refractivity contribution in [1.82, 2.24) is 4.90 Å². The molecule has 1 unspecified atom stereocenters. The number of thiophene rings is 1. The lowest BCUT2D eigenvalue weighted by Gasteiger charge is -2.14. The lowest BCUT2D eigenvalue weighted by molar-refractivity contribution is -0.138. The molecule has 0 aromatic carbocycles. The van der Waals surface area contributed by atoms with Crippen LogP contribution >= 0.6 is 43.2 Å². The van der Waals surface area contributed by atoms with Gasteiger partial charge in [0.15, 0.2) is 0 Å². The fourth-order valence-electron chi connectivity index (χ4n) is 2.04. The van der Waals surface area contributed by atoms with E-state index in [2.05, 4.69) is 31.9 Å². The van der Waals surface area contributed by atoms with Gasteiger partial charge in [-0.05, 0) is 50.3 Å². The van der Waals surface area contributed by atoms with E-state index in [1.54, 1.807) is 11.0 Å². The van der Waals surface area contributed by atoms with Crippen molar-refractivity contribution in [3.8, 4) is 0 Å². The first-order chi connectivity index (χ1) is 8.47. The van der Waals surface area contributed by atoms with Crippen molar-refractivity contribution in [1.29, 1.82) is 0 Å². The van der Waals surface area contributed by atoms with E-state index in [-0.39, 0.29) is 18.2 Å². The number of hydrogen-bond acceptors (Lipinski definition) is 3. The van der Waals surface area contributed by atoms with Gasteiger partial charge in [0.25, 0.3) is 5.91 Å². The average molecular weight is 397 g/mol. The molecule has 98 valence electrons. The fourth-order valence-corrected chi connectivity index (χ4v) is 4.04. The number of hydrogen-bond donors (Lipinski definition) is 1. The molecule has 18 heavy (non-hydrogen) atoms. The Morgan fingerprint density at radius 2 is 2.22 bits per heavy atom. The van der Waals surface area contributed by atoms with Gasteiger partial charge in [-0.15, -0.1) is 11.3 Å². The molecule has 1 amide bonds. The van der Waals surface area contributed by atoms with E-state index < -0.39 is 5.97 Å². The average Bonchev–Trinajstić information content (AvgIpc) is 2.85. The molecule has 0 bridgehead atoms. The second-order valence-corrected chi connectivity index (χ2v) is 7.46. The number of carboxylic acids is 1. The van der Waals surface area contributed by atoms with Gasteiger partial charge in [-0.3, -0.25) is 9.59 Å². The molecule has 1 aliphatic heterocycles. The molecule has 1 N–H and O–H groups in total. The molecule has 4 nitrogen and oxygen atoms in total. The summed E-state index contributed by atoms with van der Waals surface area (Å²) in [6.45, 7) is 1.18. The molecule has 1 fully saturated rings. The van der Waals surface area contributed by atoms with Gasteiger partial charge in [0.1, 0.15) is 0 Å². The molecule has 1 saturated heterocycles. The Hall–Kier alpha value is -0.400. The van der Waals surface area contributed by atoms with Gasteiger partial charge in [0.05, 0.1) is 8.66 Å². The number of rotatable bonds is 3. The zero-order valence-electron chi connectivity index (χ0n) is 9.36. The largest absolute Gasteiger partial charge is 0.481 e. The van der Waals surface area contributed by atoms with Crippen LogP contribution in [-0.4, -0.2) is 35.0 Å². The molecule has 2 rings (SSSR count). The summed E-state index contributed by atoms with van der Waals surface area (Å²) in [4.78, 5) is 25.2. The van der Waals surface area contributed by atoms with Crippen LogP contribution in [-0.2, 0) is 4.79 Å². The second kappa shape index (κ2) is 5.71. The van der Waals surface area contributed by atoms with Gasteiger partial charge >= 0.3 is 5.97 Å². The van der Waals surface area contributed by atoms with Crippen LogP contribution in [0.15, 0.2) is 14.3 Å². The lowest BCUT2D eigenvalue weighted by atomic mass is 10.1. The Morgan fingerprint density at radius 1 is 1.50 bits per heavy atom. The summed E-state index contributed by atoms with van der Waals surface area (Å²) in [7, 11) is 0. The Labute approximate surface area is 125 Å². The first kappa shape index (κ1) is 14.0. The van der Waals surface area contributed by atoms with Crippen molar-refractivity contribution >= 4 is 55.1 Å². The monoisotopic (exact) mass is 395 g/mol. The summed E-state index contributed by atoms with van der Waals surface area (Å²) in [5, 5.41) is 8.74. The van der Waals surface area contributed by atoms with E-state index in [1.165, 1.54) is 11.3 Å². The van der Waals surface area contributed by atoms with Gasteiger partial charge in [-0.1, -0.05) is 0 Å². The minimum Gasteiger partial charge on any atom is -0.481 e. The molecule has 1 aromatic rings. The fraction of sp³-hybridized carbons (Fsp3) is 0.455. The maximum Gasteiger partial charge on any atom is 0.303 e. The SMILES string of the molecule is O=C(O)CC1CCN(C(=O)c2cc(Br)c(Br)s2)C1. The standard InChI is InChI=1S/C11H11Br2NO3S/c12-7-4-8(18-10(7)13)11(17)14-2-1-6(5-14)3-9(15)16/h4,6H,1-3,5H2,(H,15,16). The van der Waals surface area contributed by atoms with E-state index >= 15 is 0 Å². The number of likely N-dealkylation sites (tertiary alicyclic amines) is 1. The summed E-state index contributed by atoms with van der Waals surface area (Å²) in [5.41, 5.74) is 0. The molecular weight excluding hydrogens is 386 g/mol. The zero-order valence-corrected chi connectivity index (χ0v) is 13.3. The number of halogens is 2. The van der Waals surface area contributed by atoms with Crippen LogP contribution in [0.5, 0.6) is 0 Å². The molecule has 0 radical (unpaired) electrons. The molecular formula is C11H11Br2NO3S. The maximum absolute atomic E-state index is 12.2. The number of carbonyl (C=O) groups excluding carboxylic acids is 1. The molecule has 0 aliphatic carbocycles. The van der Waals surface area contributed by atoms with Crippen LogP contribution in [0.3, 0.4) is 0 Å². The molecule has 1 aromatic heterocycles. The minimum atomic E-state index is -0.795. The quantitative estimate of drug-likeness (QED) is 0.853. The normalized spacial score (nSPS) is 19.2. The summed E-state index contributed by atoms with van der Waals surface area (Å²) >= 11 is 8.10. The van der Waals surface area contributed by atoms with Crippen LogP contribution in [0.4, 0.5) is 0 Å². The molecule has 0 saturated carbocycles. The number of carbonyl (C=O) groups is 2. The first-order valence-corrected chi connectivity index (χ1v) is 7.83. The highest BCUT2D eigenvalue weighted by Gasteiger charge is 2.29. The van der Waals surface area contributed by atoms with Crippen molar-refractivity contribution in [2.45, 2.75) is 12.8 Å². The first-order valence-electron chi connectivity index (χ1n) is 5.43. The number of carboxylic acid groups (broad SMARTS) is 1. The highest BCUT2D eigenvalue weighted by molar-refractivity contribution is 9.13. The molecule has 1 aliphatic rings. The van der Waals surface area contributed by atoms with Gasteiger partial charge < -0.3 is 10.0 Å². The van der Waals surface area contributed by atoms with Crippen LogP contribution in [0.2, 0.25) is 0 Å². The van der Waals surface area contributed by atoms with E-state index in [0.29, 0.717) is 18.0 Å². The molecule has 0 spiro atoms. The molecule has 1 atom stereocenters. The van der Waals surface area contributed by atoms with Gasteiger partial charge in [0, 0.05) is 24.0 Å². The van der Waals surface area contributed by atoms with Crippen molar-refractivity contribution in [2.24, 2.45) is 5.92 Å². The van der Waals surface area contributed by atoms with Crippen molar-refractivity contribution in [3.05, 3.63) is 19.2 Å². The molecule has 2 heterocycles. The highest BCUT2D eigenvalue weighted by Crippen LogP contribution is 2.33. The second-order valence-electron chi connectivity index (χ2n) is 4.24. The summed E-state index contributed by atoms with van der Waals surface area (Å²) in [6.07, 6.45) is 0.910. The minimum absolute atomic E-state index is 0.0145. The number of aliphatic carboxylic acids is 1. The van der Waals surface area contributed by atoms with Crippen LogP contribution in [0.1, 0.15) is 22.5 Å². The van der Waals surface area contributed by atoms with Crippen LogP contribution in [0.25, 0.3) is 0 Å². The number of amides is 1. The molecule has 7 heteroatoms. The highest BCUT2D eigenvalue weighted by atomic mass is 79.9. The Kier molecular flexibility index (Phi) is 4.45. The summed E-state index contributed by atoms with van der Waals surface area (Å²) in [6, 6.07) is 1.79. The van der Waals surface area contributed by atoms with Crippen molar-refractivity contribution < 1.29 is 14.7 Å². The Balaban J connectivity index is 2.01.